The van der Waals surface area contributed by atoms with E-state index in [2.05, 4.69) is 15.3 Å². The number of aromatic nitrogens is 2. The molecule has 0 atom stereocenters. The topological polar surface area (TPSA) is 63.8 Å². The highest BCUT2D eigenvalue weighted by atomic mass is 35.5. The molecule has 0 saturated carbocycles. The summed E-state index contributed by atoms with van der Waals surface area (Å²) < 4.78 is 0. The minimum atomic E-state index is 0.441. The number of halogens is 1. The summed E-state index contributed by atoms with van der Waals surface area (Å²) in [4.78, 5) is 8.43. The highest BCUT2D eigenvalue weighted by Gasteiger charge is 2.04. The van der Waals surface area contributed by atoms with Crippen LogP contribution in [-0.4, -0.2) is 16.2 Å². The molecule has 0 bridgehead atoms. The molecule has 1 aromatic carbocycles. The minimum Gasteiger partial charge on any atom is -0.383 e. The van der Waals surface area contributed by atoms with Crippen molar-refractivity contribution in [1.82, 2.24) is 9.97 Å². The van der Waals surface area contributed by atoms with Crippen molar-refractivity contribution >= 4 is 40.7 Å². The Labute approximate surface area is 115 Å². The molecule has 4 nitrogen and oxygen atoms in total. The predicted octanol–water partition coefficient (Wildman–Crippen LogP) is 3.49. The van der Waals surface area contributed by atoms with Crippen LogP contribution in [0.15, 0.2) is 29.4 Å². The smallest absolute Gasteiger partial charge is 0.191 e. The molecule has 6 heteroatoms. The summed E-state index contributed by atoms with van der Waals surface area (Å²) in [5.74, 6) is 1.11. The van der Waals surface area contributed by atoms with Gasteiger partial charge in [0.15, 0.2) is 5.16 Å². The van der Waals surface area contributed by atoms with Crippen LogP contribution in [0.2, 0.25) is 5.02 Å². The summed E-state index contributed by atoms with van der Waals surface area (Å²) in [5.41, 5.74) is 7.72. The monoisotopic (exact) mass is 280 g/mol. The van der Waals surface area contributed by atoms with Gasteiger partial charge in [0.2, 0.25) is 0 Å². The van der Waals surface area contributed by atoms with E-state index in [1.165, 1.54) is 11.8 Å². The van der Waals surface area contributed by atoms with Crippen molar-refractivity contribution in [3.05, 3.63) is 34.9 Å². The molecule has 0 aliphatic rings. The van der Waals surface area contributed by atoms with Crippen LogP contribution in [0.4, 0.5) is 17.3 Å². The number of hydrogen-bond acceptors (Lipinski definition) is 5. The van der Waals surface area contributed by atoms with E-state index in [9.17, 15) is 0 Å². The summed E-state index contributed by atoms with van der Waals surface area (Å²) in [6, 6.07) is 7.35. The highest BCUT2D eigenvalue weighted by molar-refractivity contribution is 7.98. The van der Waals surface area contributed by atoms with E-state index in [1.807, 2.05) is 31.4 Å². The van der Waals surface area contributed by atoms with Crippen LogP contribution in [0.25, 0.3) is 0 Å². The molecule has 0 saturated heterocycles. The Morgan fingerprint density at radius 1 is 1.28 bits per heavy atom. The van der Waals surface area contributed by atoms with Gasteiger partial charge in [-0.05, 0) is 30.9 Å². The van der Waals surface area contributed by atoms with Crippen molar-refractivity contribution in [3.8, 4) is 0 Å². The Bertz CT molecular complexity index is 574. The molecule has 3 N–H and O–H groups in total. The van der Waals surface area contributed by atoms with Crippen LogP contribution in [0.1, 0.15) is 5.56 Å². The van der Waals surface area contributed by atoms with Crippen molar-refractivity contribution in [3.63, 3.8) is 0 Å². The van der Waals surface area contributed by atoms with Gasteiger partial charge in [0, 0.05) is 16.8 Å². The number of rotatable bonds is 3. The van der Waals surface area contributed by atoms with Crippen molar-refractivity contribution < 1.29 is 0 Å². The highest BCUT2D eigenvalue weighted by Crippen LogP contribution is 2.24. The van der Waals surface area contributed by atoms with Gasteiger partial charge in [-0.25, -0.2) is 9.97 Å². The fourth-order valence-electron chi connectivity index (χ4n) is 1.47. The van der Waals surface area contributed by atoms with Crippen molar-refractivity contribution in [2.75, 3.05) is 17.3 Å². The summed E-state index contributed by atoms with van der Waals surface area (Å²) in [5, 5.41) is 4.51. The first kappa shape index (κ1) is 13.0. The molecular weight excluding hydrogens is 268 g/mol. The van der Waals surface area contributed by atoms with E-state index < -0.39 is 0 Å². The number of hydrogen-bond donors (Lipinski definition) is 2. The van der Waals surface area contributed by atoms with Crippen molar-refractivity contribution in [2.45, 2.75) is 12.1 Å². The third kappa shape index (κ3) is 3.05. The third-order valence-electron chi connectivity index (χ3n) is 2.37. The molecule has 0 fully saturated rings. The van der Waals surface area contributed by atoms with Crippen LogP contribution in [-0.2, 0) is 0 Å². The predicted molar refractivity (Wildman–Crippen MR) is 77.7 cm³/mol. The zero-order valence-corrected chi connectivity index (χ0v) is 11.6. The molecule has 94 valence electrons. The molecule has 0 spiro atoms. The van der Waals surface area contributed by atoms with Gasteiger partial charge in [0.25, 0.3) is 0 Å². The fraction of sp³-hybridized carbons (Fsp3) is 0.167. The minimum absolute atomic E-state index is 0.441. The number of benzene rings is 1. The van der Waals surface area contributed by atoms with Crippen LogP contribution >= 0.6 is 23.4 Å². The molecule has 0 aliphatic heterocycles. The van der Waals surface area contributed by atoms with E-state index in [0.717, 1.165) is 11.3 Å². The lowest BCUT2D eigenvalue weighted by atomic mass is 10.2. The van der Waals surface area contributed by atoms with E-state index in [4.69, 9.17) is 17.3 Å². The van der Waals surface area contributed by atoms with E-state index in [-0.39, 0.29) is 0 Å². The molecule has 0 aliphatic carbocycles. The van der Waals surface area contributed by atoms with Gasteiger partial charge in [-0.3, -0.25) is 0 Å². The lowest BCUT2D eigenvalue weighted by Crippen LogP contribution is -2.01. The Morgan fingerprint density at radius 2 is 2.06 bits per heavy atom. The first-order valence-electron chi connectivity index (χ1n) is 5.30. The maximum absolute atomic E-state index is 5.97. The molecule has 0 unspecified atom stereocenters. The second kappa shape index (κ2) is 5.46. The SMILES string of the molecule is CSc1nc(N)cc(Nc2cc(Cl)ccc2C)n1. The van der Waals surface area contributed by atoms with Crippen LogP contribution in [0.5, 0.6) is 0 Å². The molecule has 1 heterocycles. The van der Waals surface area contributed by atoms with E-state index in [0.29, 0.717) is 21.8 Å². The fourth-order valence-corrected chi connectivity index (χ4v) is 2.02. The summed E-state index contributed by atoms with van der Waals surface area (Å²) >= 11 is 7.42. The van der Waals surface area contributed by atoms with Gasteiger partial charge in [0.1, 0.15) is 11.6 Å². The van der Waals surface area contributed by atoms with Crippen LogP contribution in [0, 0.1) is 6.92 Å². The zero-order chi connectivity index (χ0) is 13.1. The second-order valence-electron chi connectivity index (χ2n) is 3.75. The number of anilines is 3. The standard InChI is InChI=1S/C12H13ClN4S/c1-7-3-4-8(13)5-9(7)15-11-6-10(14)16-12(17-11)18-2/h3-6H,1-2H3,(H3,14,15,16,17). The summed E-state index contributed by atoms with van der Waals surface area (Å²) in [6.45, 7) is 2.00. The first-order valence-corrected chi connectivity index (χ1v) is 6.90. The molecule has 2 aromatic rings. The molecule has 1 aromatic heterocycles. The van der Waals surface area contributed by atoms with Gasteiger partial charge < -0.3 is 11.1 Å². The van der Waals surface area contributed by atoms with Crippen LogP contribution < -0.4 is 11.1 Å². The number of nitrogens with zero attached hydrogens (tertiary/aromatic N) is 2. The summed E-state index contributed by atoms with van der Waals surface area (Å²) in [6.07, 6.45) is 1.91. The second-order valence-corrected chi connectivity index (χ2v) is 4.96. The average molecular weight is 281 g/mol. The number of thioether (sulfide) groups is 1. The lowest BCUT2D eigenvalue weighted by molar-refractivity contribution is 0.984. The maximum Gasteiger partial charge on any atom is 0.191 e. The molecule has 2 rings (SSSR count). The first-order chi connectivity index (χ1) is 8.58. The van der Waals surface area contributed by atoms with Crippen LogP contribution in [0.3, 0.4) is 0 Å². The molecule has 0 amide bonds. The quantitative estimate of drug-likeness (QED) is 0.666. The number of aryl methyl sites for hydroxylation is 1. The molecular formula is C12H13ClN4S. The van der Waals surface area contributed by atoms with Gasteiger partial charge in [-0.1, -0.05) is 29.4 Å². The third-order valence-corrected chi connectivity index (χ3v) is 3.15. The van der Waals surface area contributed by atoms with Gasteiger partial charge in [-0.2, -0.15) is 0 Å². The maximum atomic E-state index is 5.97. The molecule has 18 heavy (non-hydrogen) atoms. The van der Waals surface area contributed by atoms with Crippen molar-refractivity contribution in [2.24, 2.45) is 0 Å². The summed E-state index contributed by atoms with van der Waals surface area (Å²) in [7, 11) is 0. The average Bonchev–Trinajstić information content (AvgIpc) is 2.33. The van der Waals surface area contributed by atoms with E-state index >= 15 is 0 Å². The zero-order valence-electron chi connectivity index (χ0n) is 10.1. The van der Waals surface area contributed by atoms with Gasteiger partial charge in [0.05, 0.1) is 0 Å². The number of nitrogens with two attached hydrogens (primary N) is 1. The Kier molecular flexibility index (Phi) is 3.93. The van der Waals surface area contributed by atoms with Gasteiger partial charge >= 0.3 is 0 Å². The lowest BCUT2D eigenvalue weighted by Gasteiger charge is -2.10. The Morgan fingerprint density at radius 3 is 2.78 bits per heavy atom. The van der Waals surface area contributed by atoms with Gasteiger partial charge in [-0.15, -0.1) is 0 Å². The normalized spacial score (nSPS) is 10.4. The number of nitrogens with one attached hydrogen (secondary N) is 1. The van der Waals surface area contributed by atoms with E-state index in [1.54, 1.807) is 6.07 Å². The van der Waals surface area contributed by atoms with Crippen molar-refractivity contribution in [1.29, 1.82) is 0 Å². The largest absolute Gasteiger partial charge is 0.383 e. The molecule has 0 radical (unpaired) electrons. The number of nitrogen functional groups attached to an aromatic ring is 1. The Balaban J connectivity index is 2.33. The Hall–Kier alpha value is -1.46.